The lowest BCUT2D eigenvalue weighted by atomic mass is 9.98. The minimum absolute atomic E-state index is 0.0475. The van der Waals surface area contributed by atoms with Crippen LogP contribution in [0.5, 0.6) is 11.5 Å². The zero-order valence-corrected chi connectivity index (χ0v) is 17.4. The minimum atomic E-state index is -0.0475. The summed E-state index contributed by atoms with van der Waals surface area (Å²) in [6, 6.07) is 13.2. The summed E-state index contributed by atoms with van der Waals surface area (Å²) in [5, 5.41) is 5.14. The number of nitrogens with zero attached hydrogens (tertiary/aromatic N) is 3. The first-order valence-corrected chi connectivity index (χ1v) is 9.71. The van der Waals surface area contributed by atoms with Crippen molar-refractivity contribution in [1.29, 1.82) is 0 Å². The number of ether oxygens (including phenoxy) is 2. The van der Waals surface area contributed by atoms with E-state index < -0.39 is 0 Å². The number of halogens is 1. The second-order valence-corrected chi connectivity index (χ2v) is 7.44. The van der Waals surface area contributed by atoms with Crippen LogP contribution in [-0.2, 0) is 20.0 Å². The highest BCUT2D eigenvalue weighted by Crippen LogP contribution is 2.33. The smallest absolute Gasteiger partial charge is 0.272 e. The van der Waals surface area contributed by atoms with Crippen molar-refractivity contribution in [2.45, 2.75) is 13.0 Å². The Morgan fingerprint density at radius 2 is 1.79 bits per heavy atom. The Morgan fingerprint density at radius 1 is 1.07 bits per heavy atom. The predicted molar refractivity (Wildman–Crippen MR) is 112 cm³/mol. The monoisotopic (exact) mass is 411 g/mol. The van der Waals surface area contributed by atoms with Crippen molar-refractivity contribution in [2.75, 3.05) is 20.8 Å². The van der Waals surface area contributed by atoms with Crippen molar-refractivity contribution < 1.29 is 14.3 Å². The van der Waals surface area contributed by atoms with E-state index in [1.54, 1.807) is 25.9 Å². The summed E-state index contributed by atoms with van der Waals surface area (Å²) in [6.07, 6.45) is 0.764. The van der Waals surface area contributed by atoms with Crippen LogP contribution >= 0.6 is 11.6 Å². The van der Waals surface area contributed by atoms with E-state index in [0.717, 1.165) is 23.2 Å². The van der Waals surface area contributed by atoms with E-state index in [2.05, 4.69) is 5.10 Å². The fourth-order valence-corrected chi connectivity index (χ4v) is 3.87. The quantitative estimate of drug-likeness (QED) is 0.652. The molecular weight excluding hydrogens is 390 g/mol. The Hall–Kier alpha value is -2.99. The molecule has 0 fully saturated rings. The molecule has 0 saturated carbocycles. The molecule has 0 unspecified atom stereocenters. The number of rotatable bonds is 4. The first-order chi connectivity index (χ1) is 14.0. The summed E-state index contributed by atoms with van der Waals surface area (Å²) in [5.74, 6) is 1.34. The van der Waals surface area contributed by atoms with Gasteiger partial charge in [0.1, 0.15) is 5.69 Å². The molecule has 0 bridgehead atoms. The van der Waals surface area contributed by atoms with Crippen LogP contribution in [0.2, 0.25) is 5.02 Å². The van der Waals surface area contributed by atoms with Crippen molar-refractivity contribution in [3.05, 3.63) is 64.3 Å². The second kappa shape index (κ2) is 7.79. The number of benzene rings is 2. The number of carbonyl (C=O) groups is 1. The third-order valence-corrected chi connectivity index (χ3v) is 5.46. The zero-order valence-electron chi connectivity index (χ0n) is 16.6. The SMILES string of the molecule is COc1cc2c(cc1OC)CN(C(=O)c1cc(-c3cccc(Cl)c3)nn1C)CC2. The van der Waals surface area contributed by atoms with E-state index >= 15 is 0 Å². The Labute approximate surface area is 174 Å². The largest absolute Gasteiger partial charge is 0.493 e. The van der Waals surface area contributed by atoms with Gasteiger partial charge in [-0.25, -0.2) is 0 Å². The summed E-state index contributed by atoms with van der Waals surface area (Å²) >= 11 is 6.09. The van der Waals surface area contributed by atoms with Crippen LogP contribution in [0.25, 0.3) is 11.3 Å². The highest BCUT2D eigenvalue weighted by molar-refractivity contribution is 6.30. The van der Waals surface area contributed by atoms with Crippen molar-refractivity contribution in [2.24, 2.45) is 7.05 Å². The molecular formula is C22H22ClN3O3. The number of methoxy groups -OCH3 is 2. The summed E-state index contributed by atoms with van der Waals surface area (Å²) < 4.78 is 12.4. The maximum atomic E-state index is 13.2. The Balaban J connectivity index is 1.60. The molecule has 1 amide bonds. The topological polar surface area (TPSA) is 56.6 Å². The van der Waals surface area contributed by atoms with Crippen molar-refractivity contribution in [1.82, 2.24) is 14.7 Å². The highest BCUT2D eigenvalue weighted by atomic mass is 35.5. The summed E-state index contributed by atoms with van der Waals surface area (Å²) in [5.41, 5.74) is 4.40. The van der Waals surface area contributed by atoms with Crippen LogP contribution in [0.15, 0.2) is 42.5 Å². The van der Waals surface area contributed by atoms with E-state index in [0.29, 0.717) is 35.3 Å². The van der Waals surface area contributed by atoms with E-state index in [4.69, 9.17) is 21.1 Å². The molecule has 1 aliphatic rings. The maximum Gasteiger partial charge on any atom is 0.272 e. The molecule has 2 heterocycles. The van der Waals surface area contributed by atoms with Gasteiger partial charge in [-0.2, -0.15) is 5.10 Å². The molecule has 0 radical (unpaired) electrons. The molecule has 6 nitrogen and oxygen atoms in total. The lowest BCUT2D eigenvalue weighted by Crippen LogP contribution is -2.36. The molecule has 7 heteroatoms. The van der Waals surface area contributed by atoms with E-state index in [1.807, 2.05) is 47.4 Å². The molecule has 0 N–H and O–H groups in total. The zero-order chi connectivity index (χ0) is 20.5. The van der Waals surface area contributed by atoms with Crippen LogP contribution in [-0.4, -0.2) is 41.4 Å². The number of aromatic nitrogens is 2. The number of carbonyl (C=O) groups excluding carboxylic acids is 1. The van der Waals surface area contributed by atoms with Crippen LogP contribution < -0.4 is 9.47 Å². The third-order valence-electron chi connectivity index (χ3n) is 5.22. The second-order valence-electron chi connectivity index (χ2n) is 7.00. The average molecular weight is 412 g/mol. The Kier molecular flexibility index (Phi) is 5.20. The maximum absolute atomic E-state index is 13.2. The van der Waals surface area contributed by atoms with Gasteiger partial charge in [0.2, 0.25) is 0 Å². The number of amides is 1. The van der Waals surface area contributed by atoms with Crippen LogP contribution in [0.4, 0.5) is 0 Å². The summed E-state index contributed by atoms with van der Waals surface area (Å²) in [4.78, 5) is 15.0. The number of aryl methyl sites for hydroxylation is 1. The average Bonchev–Trinajstić information content (AvgIpc) is 3.13. The Bertz CT molecular complexity index is 1080. The molecule has 0 aliphatic carbocycles. The number of fused-ring (bicyclic) bond motifs is 1. The molecule has 0 spiro atoms. The minimum Gasteiger partial charge on any atom is -0.493 e. The molecule has 29 heavy (non-hydrogen) atoms. The third kappa shape index (κ3) is 3.68. The van der Waals surface area contributed by atoms with E-state index in [9.17, 15) is 4.79 Å². The van der Waals surface area contributed by atoms with Gasteiger partial charge in [-0.3, -0.25) is 9.48 Å². The molecule has 0 atom stereocenters. The van der Waals surface area contributed by atoms with Gasteiger partial charge in [0.25, 0.3) is 5.91 Å². The van der Waals surface area contributed by atoms with Gasteiger partial charge in [-0.1, -0.05) is 23.7 Å². The van der Waals surface area contributed by atoms with Gasteiger partial charge in [-0.05, 0) is 47.9 Å². The first kappa shape index (κ1) is 19.3. The lowest BCUT2D eigenvalue weighted by molar-refractivity contribution is 0.0723. The number of hydrogen-bond donors (Lipinski definition) is 0. The summed E-state index contributed by atoms with van der Waals surface area (Å²) in [7, 11) is 5.03. The van der Waals surface area contributed by atoms with Gasteiger partial charge in [0.15, 0.2) is 11.5 Å². The lowest BCUT2D eigenvalue weighted by Gasteiger charge is -2.29. The normalized spacial score (nSPS) is 13.2. The van der Waals surface area contributed by atoms with Crippen molar-refractivity contribution in [3.63, 3.8) is 0 Å². The van der Waals surface area contributed by atoms with E-state index in [1.165, 1.54) is 5.56 Å². The molecule has 150 valence electrons. The van der Waals surface area contributed by atoms with Crippen LogP contribution in [0.1, 0.15) is 21.6 Å². The van der Waals surface area contributed by atoms with Crippen LogP contribution in [0, 0.1) is 0 Å². The van der Waals surface area contributed by atoms with Gasteiger partial charge < -0.3 is 14.4 Å². The van der Waals surface area contributed by atoms with Gasteiger partial charge in [-0.15, -0.1) is 0 Å². The molecule has 3 aromatic rings. The van der Waals surface area contributed by atoms with Crippen molar-refractivity contribution >= 4 is 17.5 Å². The fourth-order valence-electron chi connectivity index (χ4n) is 3.67. The Morgan fingerprint density at radius 3 is 2.48 bits per heavy atom. The van der Waals surface area contributed by atoms with Crippen molar-refractivity contribution in [3.8, 4) is 22.8 Å². The standard InChI is InChI=1S/C22H22ClN3O3/c1-25-19(12-18(24-25)15-5-4-6-17(23)9-15)22(27)26-8-7-14-10-20(28-2)21(29-3)11-16(14)13-26/h4-6,9-12H,7-8,13H2,1-3H3. The van der Waals surface area contributed by atoms with Gasteiger partial charge in [0, 0.05) is 30.7 Å². The molecule has 2 aromatic carbocycles. The summed E-state index contributed by atoms with van der Waals surface area (Å²) in [6.45, 7) is 1.16. The molecule has 0 saturated heterocycles. The number of hydrogen-bond acceptors (Lipinski definition) is 4. The molecule has 4 rings (SSSR count). The van der Waals surface area contributed by atoms with E-state index in [-0.39, 0.29) is 5.91 Å². The predicted octanol–water partition coefficient (Wildman–Crippen LogP) is 3.96. The fraction of sp³-hybridized carbons (Fsp3) is 0.273. The molecule has 1 aromatic heterocycles. The van der Waals surface area contributed by atoms with Crippen LogP contribution in [0.3, 0.4) is 0 Å². The van der Waals surface area contributed by atoms with Gasteiger partial charge >= 0.3 is 0 Å². The van der Waals surface area contributed by atoms with Gasteiger partial charge in [0.05, 0.1) is 19.9 Å². The first-order valence-electron chi connectivity index (χ1n) is 9.33. The molecule has 1 aliphatic heterocycles. The highest BCUT2D eigenvalue weighted by Gasteiger charge is 2.26.